The number of rotatable bonds is 2. The molecule has 0 fully saturated rings. The Morgan fingerprint density at radius 1 is 1.45 bits per heavy atom. The van der Waals surface area contributed by atoms with Crippen LogP contribution in [-0.4, -0.2) is 5.91 Å². The first-order valence-corrected chi connectivity index (χ1v) is 4.31. The molecule has 0 saturated carbocycles. The van der Waals surface area contributed by atoms with Crippen LogP contribution in [0.15, 0.2) is 24.3 Å². The average Bonchev–Trinajstić information content (AvgIpc) is 2.04. The molecule has 1 aromatic rings. The van der Waals surface area contributed by atoms with Gasteiger partial charge >= 0.3 is 0 Å². The Hall–Kier alpha value is -0.830. The minimum atomic E-state index is -0.375. The average molecular weight is 214 g/mol. The molecule has 0 aromatic heterocycles. The van der Waals surface area contributed by atoms with Crippen molar-refractivity contribution in [2.45, 2.75) is 5.33 Å². The van der Waals surface area contributed by atoms with Crippen LogP contribution in [0.4, 0.5) is 0 Å². The quantitative estimate of drug-likeness (QED) is 0.747. The second kappa shape index (κ2) is 3.53. The van der Waals surface area contributed by atoms with Crippen molar-refractivity contribution in [2.75, 3.05) is 0 Å². The van der Waals surface area contributed by atoms with Gasteiger partial charge in [0.05, 0.1) is 0 Å². The summed E-state index contributed by atoms with van der Waals surface area (Å²) >= 11 is 3.27. The van der Waals surface area contributed by atoms with E-state index in [0.29, 0.717) is 10.9 Å². The highest BCUT2D eigenvalue weighted by Gasteiger charge is 2.03. The van der Waals surface area contributed by atoms with Crippen LogP contribution in [0.2, 0.25) is 0 Å². The van der Waals surface area contributed by atoms with Crippen molar-refractivity contribution < 1.29 is 4.79 Å². The van der Waals surface area contributed by atoms with Crippen molar-refractivity contribution in [3.63, 3.8) is 0 Å². The van der Waals surface area contributed by atoms with Crippen LogP contribution in [0.25, 0.3) is 0 Å². The number of primary amides is 1. The van der Waals surface area contributed by atoms with Crippen LogP contribution < -0.4 is 5.73 Å². The molecule has 0 atom stereocenters. The summed E-state index contributed by atoms with van der Waals surface area (Å²) in [5.41, 5.74) is 6.65. The largest absolute Gasteiger partial charge is 0.366 e. The Morgan fingerprint density at radius 2 is 2.09 bits per heavy atom. The third-order valence-corrected chi connectivity index (χ3v) is 2.03. The van der Waals surface area contributed by atoms with Gasteiger partial charge in [0.2, 0.25) is 5.91 Å². The van der Waals surface area contributed by atoms with Crippen molar-refractivity contribution in [1.82, 2.24) is 0 Å². The minimum absolute atomic E-state index is 0.375. The lowest BCUT2D eigenvalue weighted by molar-refractivity contribution is 0.0999. The summed E-state index contributed by atoms with van der Waals surface area (Å²) in [5, 5.41) is 0.659. The topological polar surface area (TPSA) is 43.1 Å². The molecule has 0 aliphatic rings. The lowest BCUT2D eigenvalue weighted by atomic mass is 10.1. The van der Waals surface area contributed by atoms with Crippen molar-refractivity contribution in [3.05, 3.63) is 35.4 Å². The lowest BCUT2D eigenvalue weighted by Crippen LogP contribution is -2.12. The summed E-state index contributed by atoms with van der Waals surface area (Å²) in [6, 6.07) is 7.27. The van der Waals surface area contributed by atoms with E-state index in [4.69, 9.17) is 5.73 Å². The number of alkyl halides is 1. The van der Waals surface area contributed by atoms with Crippen LogP contribution in [0.3, 0.4) is 0 Å². The molecule has 1 aromatic carbocycles. The fraction of sp³-hybridized carbons (Fsp3) is 0.125. The number of amides is 1. The Balaban J connectivity index is 3.12. The molecular weight excluding hydrogens is 206 g/mol. The van der Waals surface area contributed by atoms with Gasteiger partial charge in [-0.3, -0.25) is 4.79 Å². The van der Waals surface area contributed by atoms with Gasteiger partial charge < -0.3 is 5.73 Å². The van der Waals surface area contributed by atoms with Gasteiger partial charge in [0, 0.05) is 10.9 Å². The van der Waals surface area contributed by atoms with Gasteiger partial charge in [-0.05, 0) is 11.6 Å². The van der Waals surface area contributed by atoms with E-state index in [-0.39, 0.29) is 5.91 Å². The van der Waals surface area contributed by atoms with Gasteiger partial charge in [-0.25, -0.2) is 0 Å². The summed E-state index contributed by atoms with van der Waals surface area (Å²) in [6.07, 6.45) is 0. The van der Waals surface area contributed by atoms with Crippen LogP contribution in [-0.2, 0) is 5.33 Å². The standard InChI is InChI=1S/C8H8BrNO/c9-5-6-3-1-2-4-7(6)8(10)11/h1-4H,5H2,(H2,10,11). The number of carbonyl (C=O) groups excluding carboxylic acids is 1. The maximum absolute atomic E-state index is 10.8. The Labute approximate surface area is 73.5 Å². The molecule has 0 unspecified atom stereocenters. The summed E-state index contributed by atoms with van der Waals surface area (Å²) in [7, 11) is 0. The molecule has 0 heterocycles. The third kappa shape index (κ3) is 1.80. The van der Waals surface area contributed by atoms with Crippen molar-refractivity contribution in [2.24, 2.45) is 5.73 Å². The summed E-state index contributed by atoms with van der Waals surface area (Å²) in [5.74, 6) is -0.375. The van der Waals surface area contributed by atoms with Gasteiger partial charge in [0.1, 0.15) is 0 Å². The maximum Gasteiger partial charge on any atom is 0.249 e. The van der Waals surface area contributed by atoms with E-state index in [9.17, 15) is 4.79 Å². The van der Waals surface area contributed by atoms with E-state index in [2.05, 4.69) is 15.9 Å². The first-order chi connectivity index (χ1) is 5.25. The zero-order valence-corrected chi connectivity index (χ0v) is 7.47. The SMILES string of the molecule is NC(=O)c1ccccc1CBr. The van der Waals surface area contributed by atoms with Crippen LogP contribution in [0.1, 0.15) is 15.9 Å². The molecule has 0 radical (unpaired) electrons. The number of hydrogen-bond acceptors (Lipinski definition) is 1. The number of halogens is 1. The number of carbonyl (C=O) groups is 1. The van der Waals surface area contributed by atoms with Crippen molar-refractivity contribution >= 4 is 21.8 Å². The molecule has 3 heteroatoms. The Kier molecular flexibility index (Phi) is 2.65. The van der Waals surface area contributed by atoms with Gasteiger partial charge in [0.15, 0.2) is 0 Å². The summed E-state index contributed by atoms with van der Waals surface area (Å²) in [4.78, 5) is 10.8. The van der Waals surface area contributed by atoms with E-state index >= 15 is 0 Å². The minimum Gasteiger partial charge on any atom is -0.366 e. The lowest BCUT2D eigenvalue weighted by Gasteiger charge is -2.00. The zero-order chi connectivity index (χ0) is 8.27. The van der Waals surface area contributed by atoms with E-state index in [1.807, 2.05) is 12.1 Å². The van der Waals surface area contributed by atoms with Crippen molar-refractivity contribution in [1.29, 1.82) is 0 Å². The molecule has 0 aliphatic carbocycles. The number of hydrogen-bond donors (Lipinski definition) is 1. The number of benzene rings is 1. The second-order valence-corrected chi connectivity index (χ2v) is 2.72. The predicted octanol–water partition coefficient (Wildman–Crippen LogP) is 1.68. The molecule has 11 heavy (non-hydrogen) atoms. The Bertz CT molecular complexity index is 273. The highest BCUT2D eigenvalue weighted by Crippen LogP contribution is 2.10. The molecule has 1 rings (SSSR count). The highest BCUT2D eigenvalue weighted by molar-refractivity contribution is 9.08. The highest BCUT2D eigenvalue weighted by atomic mass is 79.9. The molecule has 0 bridgehead atoms. The van der Waals surface area contributed by atoms with E-state index < -0.39 is 0 Å². The van der Waals surface area contributed by atoms with E-state index in [1.54, 1.807) is 12.1 Å². The zero-order valence-electron chi connectivity index (χ0n) is 5.88. The monoisotopic (exact) mass is 213 g/mol. The van der Waals surface area contributed by atoms with Crippen LogP contribution in [0, 0.1) is 0 Å². The normalized spacial score (nSPS) is 9.55. The van der Waals surface area contributed by atoms with Crippen molar-refractivity contribution in [3.8, 4) is 0 Å². The molecule has 0 aliphatic heterocycles. The molecule has 58 valence electrons. The third-order valence-electron chi connectivity index (χ3n) is 1.43. The first kappa shape index (κ1) is 8.27. The second-order valence-electron chi connectivity index (χ2n) is 2.16. The predicted molar refractivity (Wildman–Crippen MR) is 47.6 cm³/mol. The van der Waals surface area contributed by atoms with E-state index in [0.717, 1.165) is 5.56 Å². The van der Waals surface area contributed by atoms with E-state index in [1.165, 1.54) is 0 Å². The molecule has 2 nitrogen and oxygen atoms in total. The maximum atomic E-state index is 10.8. The van der Waals surface area contributed by atoms with Gasteiger partial charge in [-0.15, -0.1) is 0 Å². The summed E-state index contributed by atoms with van der Waals surface area (Å²) in [6.45, 7) is 0. The van der Waals surface area contributed by atoms with Gasteiger partial charge in [-0.1, -0.05) is 34.1 Å². The smallest absolute Gasteiger partial charge is 0.249 e. The first-order valence-electron chi connectivity index (χ1n) is 3.19. The fourth-order valence-electron chi connectivity index (χ4n) is 0.877. The molecule has 2 N–H and O–H groups in total. The fourth-order valence-corrected chi connectivity index (χ4v) is 1.37. The molecular formula is C8H8BrNO. The Morgan fingerprint density at radius 3 is 2.55 bits per heavy atom. The van der Waals surface area contributed by atoms with Gasteiger partial charge in [0.25, 0.3) is 0 Å². The molecule has 0 spiro atoms. The summed E-state index contributed by atoms with van der Waals surface area (Å²) < 4.78 is 0. The number of nitrogens with two attached hydrogens (primary N) is 1. The molecule has 0 saturated heterocycles. The van der Waals surface area contributed by atoms with Gasteiger partial charge in [-0.2, -0.15) is 0 Å². The van der Waals surface area contributed by atoms with Crippen LogP contribution >= 0.6 is 15.9 Å². The van der Waals surface area contributed by atoms with Crippen LogP contribution in [0.5, 0.6) is 0 Å². The molecule has 1 amide bonds.